The summed E-state index contributed by atoms with van der Waals surface area (Å²) < 4.78 is 0. The molecule has 0 fully saturated rings. The highest BCUT2D eigenvalue weighted by atomic mass is 16.6. The summed E-state index contributed by atoms with van der Waals surface area (Å²) in [4.78, 5) is 13.2. The Balaban J connectivity index is 3.07. The number of hydrogen-bond donors (Lipinski definition) is 0. The van der Waals surface area contributed by atoms with Crippen molar-refractivity contribution in [3.05, 3.63) is 41.1 Å². The molecular formula is C6H5N2O2. The predicted octanol–water partition coefficient (Wildman–Crippen LogP) is 1.17. The zero-order chi connectivity index (χ0) is 7.56. The zero-order valence-electron chi connectivity index (χ0n) is 5.15. The van der Waals surface area contributed by atoms with Crippen LogP contribution in [0.1, 0.15) is 5.56 Å². The van der Waals surface area contributed by atoms with Gasteiger partial charge in [0, 0.05) is 12.3 Å². The lowest BCUT2D eigenvalue weighted by Crippen LogP contribution is -1.88. The van der Waals surface area contributed by atoms with Crippen LogP contribution in [0, 0.1) is 17.0 Å². The Morgan fingerprint density at radius 2 is 2.30 bits per heavy atom. The van der Waals surface area contributed by atoms with Crippen molar-refractivity contribution in [2.75, 3.05) is 0 Å². The van der Waals surface area contributed by atoms with E-state index in [9.17, 15) is 10.1 Å². The summed E-state index contributed by atoms with van der Waals surface area (Å²) >= 11 is 0. The minimum Gasteiger partial charge on any atom is -0.258 e. The molecule has 0 saturated carbocycles. The summed E-state index contributed by atoms with van der Waals surface area (Å²) in [6.45, 7) is 3.50. The predicted molar refractivity (Wildman–Crippen MR) is 35.4 cm³/mol. The average molecular weight is 137 g/mol. The lowest BCUT2D eigenvalue weighted by atomic mass is 10.3. The van der Waals surface area contributed by atoms with E-state index >= 15 is 0 Å². The van der Waals surface area contributed by atoms with E-state index < -0.39 is 4.92 Å². The largest absolute Gasteiger partial charge is 0.287 e. The summed E-state index contributed by atoms with van der Waals surface area (Å²) in [5, 5.41) is 10.1. The second-order valence-corrected chi connectivity index (χ2v) is 1.81. The number of nitro groups is 1. The Kier molecular flexibility index (Phi) is 1.62. The number of rotatable bonds is 1. The molecule has 0 amide bonds. The fraction of sp³-hybridized carbons (Fsp3) is 0. The first-order valence-electron chi connectivity index (χ1n) is 2.61. The monoisotopic (exact) mass is 137 g/mol. The summed E-state index contributed by atoms with van der Waals surface area (Å²) in [6, 6.07) is 1.37. The van der Waals surface area contributed by atoms with Crippen LogP contribution in [-0.4, -0.2) is 9.91 Å². The Labute approximate surface area is 57.7 Å². The van der Waals surface area contributed by atoms with E-state index in [1.807, 2.05) is 0 Å². The van der Waals surface area contributed by atoms with Crippen LogP contribution < -0.4 is 0 Å². The first kappa shape index (κ1) is 6.67. The maximum atomic E-state index is 10.1. The van der Waals surface area contributed by atoms with Crippen LogP contribution in [0.5, 0.6) is 0 Å². The van der Waals surface area contributed by atoms with Crippen LogP contribution in [-0.2, 0) is 0 Å². The Morgan fingerprint density at radius 3 is 2.70 bits per heavy atom. The van der Waals surface area contributed by atoms with Gasteiger partial charge < -0.3 is 0 Å². The van der Waals surface area contributed by atoms with E-state index in [1.54, 1.807) is 0 Å². The van der Waals surface area contributed by atoms with Crippen molar-refractivity contribution in [1.29, 1.82) is 0 Å². The number of nitrogens with zero attached hydrogens (tertiary/aromatic N) is 2. The van der Waals surface area contributed by atoms with Crippen LogP contribution in [0.2, 0.25) is 0 Å². The van der Waals surface area contributed by atoms with Gasteiger partial charge in [-0.25, -0.2) is 0 Å². The van der Waals surface area contributed by atoms with Gasteiger partial charge in [0.05, 0.1) is 4.92 Å². The molecule has 4 heteroatoms. The fourth-order valence-corrected chi connectivity index (χ4v) is 0.574. The molecule has 1 radical (unpaired) electrons. The van der Waals surface area contributed by atoms with Crippen molar-refractivity contribution in [2.45, 2.75) is 0 Å². The summed E-state index contributed by atoms with van der Waals surface area (Å²) in [5.74, 6) is 0. The van der Waals surface area contributed by atoms with Crippen molar-refractivity contribution < 1.29 is 4.92 Å². The molecule has 4 nitrogen and oxygen atoms in total. The molecule has 0 bridgehead atoms. The quantitative estimate of drug-likeness (QED) is 0.431. The Hall–Kier alpha value is -1.45. The summed E-state index contributed by atoms with van der Waals surface area (Å²) in [5.41, 5.74) is 0.529. The van der Waals surface area contributed by atoms with Crippen LogP contribution in [0.15, 0.2) is 18.5 Å². The standard InChI is InChI=1S/C6H5N2O2/c1-5-2-6(8(9)10)4-7-3-5/h2-4H,1H2. The number of hydrogen-bond acceptors (Lipinski definition) is 3. The van der Waals surface area contributed by atoms with Crippen LogP contribution in [0.4, 0.5) is 5.69 Å². The molecule has 10 heavy (non-hydrogen) atoms. The molecule has 0 aromatic carbocycles. The summed E-state index contributed by atoms with van der Waals surface area (Å²) in [6.07, 6.45) is 2.65. The van der Waals surface area contributed by atoms with Crippen molar-refractivity contribution in [3.8, 4) is 0 Å². The van der Waals surface area contributed by atoms with E-state index in [-0.39, 0.29) is 5.69 Å². The van der Waals surface area contributed by atoms with E-state index in [0.29, 0.717) is 5.56 Å². The average Bonchev–Trinajstić information content (AvgIpc) is 1.88. The van der Waals surface area contributed by atoms with E-state index in [1.165, 1.54) is 18.5 Å². The molecule has 0 aliphatic heterocycles. The van der Waals surface area contributed by atoms with E-state index in [0.717, 1.165) is 0 Å². The van der Waals surface area contributed by atoms with Gasteiger partial charge in [0.25, 0.3) is 5.69 Å². The van der Waals surface area contributed by atoms with E-state index in [2.05, 4.69) is 11.9 Å². The Morgan fingerprint density at radius 1 is 1.60 bits per heavy atom. The highest BCUT2D eigenvalue weighted by molar-refractivity contribution is 5.30. The number of pyridine rings is 1. The van der Waals surface area contributed by atoms with Gasteiger partial charge in [0.15, 0.2) is 0 Å². The molecule has 1 heterocycles. The fourth-order valence-electron chi connectivity index (χ4n) is 0.574. The van der Waals surface area contributed by atoms with Gasteiger partial charge in [-0.3, -0.25) is 15.1 Å². The third-order valence-corrected chi connectivity index (χ3v) is 0.991. The third-order valence-electron chi connectivity index (χ3n) is 0.991. The molecule has 0 aliphatic rings. The third kappa shape index (κ3) is 1.28. The topological polar surface area (TPSA) is 56.0 Å². The molecule has 0 atom stereocenters. The second kappa shape index (κ2) is 2.43. The minimum absolute atomic E-state index is 0.0208. The maximum Gasteiger partial charge on any atom is 0.287 e. The highest BCUT2D eigenvalue weighted by Gasteiger charge is 2.02. The molecule has 0 aliphatic carbocycles. The van der Waals surface area contributed by atoms with Gasteiger partial charge in [0.1, 0.15) is 6.20 Å². The first-order chi connectivity index (χ1) is 4.70. The second-order valence-electron chi connectivity index (χ2n) is 1.81. The molecule has 51 valence electrons. The molecular weight excluding hydrogens is 132 g/mol. The van der Waals surface area contributed by atoms with Crippen LogP contribution in [0.25, 0.3) is 0 Å². The molecule has 1 aromatic rings. The van der Waals surface area contributed by atoms with Crippen LogP contribution in [0.3, 0.4) is 0 Å². The molecule has 1 aromatic heterocycles. The van der Waals surface area contributed by atoms with Gasteiger partial charge in [-0.1, -0.05) is 0 Å². The van der Waals surface area contributed by atoms with Gasteiger partial charge >= 0.3 is 0 Å². The summed E-state index contributed by atoms with van der Waals surface area (Å²) in [7, 11) is 0. The lowest BCUT2D eigenvalue weighted by Gasteiger charge is -1.89. The minimum atomic E-state index is -0.498. The lowest BCUT2D eigenvalue weighted by molar-refractivity contribution is -0.385. The van der Waals surface area contributed by atoms with Gasteiger partial charge in [0.2, 0.25) is 0 Å². The molecule has 0 N–H and O–H groups in total. The van der Waals surface area contributed by atoms with Crippen molar-refractivity contribution >= 4 is 5.69 Å². The smallest absolute Gasteiger partial charge is 0.258 e. The molecule has 0 spiro atoms. The maximum absolute atomic E-state index is 10.1. The highest BCUT2D eigenvalue weighted by Crippen LogP contribution is 2.08. The Bertz CT molecular complexity index is 260. The van der Waals surface area contributed by atoms with Crippen molar-refractivity contribution in [3.63, 3.8) is 0 Å². The van der Waals surface area contributed by atoms with E-state index in [4.69, 9.17) is 0 Å². The first-order valence-corrected chi connectivity index (χ1v) is 2.61. The van der Waals surface area contributed by atoms with Gasteiger partial charge in [-0.15, -0.1) is 0 Å². The van der Waals surface area contributed by atoms with Gasteiger partial charge in [-0.05, 0) is 12.5 Å². The molecule has 1 rings (SSSR count). The SMILES string of the molecule is [CH2]c1cncc([N+](=O)[O-])c1. The zero-order valence-corrected chi connectivity index (χ0v) is 5.15. The van der Waals surface area contributed by atoms with Crippen LogP contribution >= 0.6 is 0 Å². The normalized spacial score (nSPS) is 9.30. The van der Waals surface area contributed by atoms with Gasteiger partial charge in [-0.2, -0.15) is 0 Å². The molecule has 0 unspecified atom stereocenters. The van der Waals surface area contributed by atoms with Crippen molar-refractivity contribution in [2.24, 2.45) is 0 Å². The molecule has 0 saturated heterocycles. The van der Waals surface area contributed by atoms with Crippen molar-refractivity contribution in [1.82, 2.24) is 4.98 Å². The number of aromatic nitrogens is 1.